The highest BCUT2D eigenvalue weighted by atomic mass is 16.7. The number of carbonyl (C=O) groups is 3. The number of aliphatic hydroxyl groups is 2. The summed E-state index contributed by atoms with van der Waals surface area (Å²) in [7, 11) is 5.02. The van der Waals surface area contributed by atoms with Crippen LogP contribution in [-0.2, 0) is 38.1 Å². The van der Waals surface area contributed by atoms with E-state index in [4.69, 9.17) is 30.1 Å². The third-order valence-corrected chi connectivity index (χ3v) is 10.1. The Morgan fingerprint density at radius 2 is 1.69 bits per heavy atom. The standard InChI is InChI=1S/C34H57NO10/c1-13-15-16-35(10)24-17-20(4)43-32(28(24)41-11)45-30-22(6)27(37)23(7)31(39)44-25(14-2)34(9,40)29(38)21(5)26(36)19(3)18-33(30,8)42-12/h1,19-25,28-30,32,38,40H,14-18H2,2-12H3/t19-,20-,21+,22+,23-,24+,25-,28-,29-,30-,32+,33-,34-/m1/s1. The second kappa shape index (κ2) is 16.3. The zero-order chi connectivity index (χ0) is 34.4. The van der Waals surface area contributed by atoms with Crippen LogP contribution in [0.3, 0.4) is 0 Å². The van der Waals surface area contributed by atoms with Gasteiger partial charge in [-0.05, 0) is 54.0 Å². The molecule has 0 spiro atoms. The molecule has 0 saturated carbocycles. The van der Waals surface area contributed by atoms with E-state index in [1.807, 2.05) is 14.0 Å². The molecule has 0 aromatic rings. The van der Waals surface area contributed by atoms with Gasteiger partial charge in [0.1, 0.15) is 29.5 Å². The molecule has 2 saturated heterocycles. The first kappa shape index (κ1) is 39.3. The molecule has 2 heterocycles. The summed E-state index contributed by atoms with van der Waals surface area (Å²) in [6, 6.07) is -0.106. The molecule has 2 aliphatic rings. The van der Waals surface area contributed by atoms with Crippen LogP contribution in [0.5, 0.6) is 0 Å². The van der Waals surface area contributed by atoms with E-state index in [0.29, 0.717) is 19.4 Å². The van der Waals surface area contributed by atoms with E-state index in [2.05, 4.69) is 10.8 Å². The lowest BCUT2D eigenvalue weighted by Gasteiger charge is -2.48. The number of hydrogen-bond acceptors (Lipinski definition) is 11. The molecule has 2 fully saturated rings. The third-order valence-electron chi connectivity index (χ3n) is 10.1. The normalized spacial score (nSPS) is 42.6. The number of ketones is 2. The van der Waals surface area contributed by atoms with Gasteiger partial charge in [0.05, 0.1) is 23.9 Å². The predicted octanol–water partition coefficient (Wildman–Crippen LogP) is 2.77. The van der Waals surface area contributed by atoms with Crippen LogP contribution in [0, 0.1) is 36.0 Å². The van der Waals surface area contributed by atoms with E-state index in [9.17, 15) is 24.6 Å². The Balaban J connectivity index is 2.63. The molecule has 0 radical (unpaired) electrons. The van der Waals surface area contributed by atoms with E-state index in [1.165, 1.54) is 21.0 Å². The minimum atomic E-state index is -1.94. The van der Waals surface area contributed by atoms with E-state index >= 15 is 0 Å². The fourth-order valence-corrected chi connectivity index (χ4v) is 7.01. The lowest BCUT2D eigenvalue weighted by atomic mass is 9.74. The number of likely N-dealkylation sites (N-methyl/N-ethyl adjacent to an activating group) is 1. The second-order valence-electron chi connectivity index (χ2n) is 13.5. The van der Waals surface area contributed by atoms with Crippen LogP contribution in [0.4, 0.5) is 0 Å². The fourth-order valence-electron chi connectivity index (χ4n) is 7.01. The average molecular weight is 640 g/mol. The first-order valence-electron chi connectivity index (χ1n) is 16.1. The van der Waals surface area contributed by atoms with Crippen molar-refractivity contribution in [2.45, 2.75) is 135 Å². The molecular weight excluding hydrogens is 582 g/mol. The summed E-state index contributed by atoms with van der Waals surface area (Å²) < 4.78 is 30.6. The van der Waals surface area contributed by atoms with Crippen molar-refractivity contribution >= 4 is 17.5 Å². The molecule has 11 nitrogen and oxygen atoms in total. The number of rotatable bonds is 8. The van der Waals surface area contributed by atoms with Gasteiger partial charge in [-0.1, -0.05) is 27.7 Å². The molecule has 0 aromatic carbocycles. The van der Waals surface area contributed by atoms with Crippen molar-refractivity contribution < 1.29 is 48.3 Å². The van der Waals surface area contributed by atoms with Gasteiger partial charge in [-0.2, -0.15) is 0 Å². The number of aliphatic hydroxyl groups excluding tert-OH is 1. The number of methoxy groups -OCH3 is 2. The molecule has 45 heavy (non-hydrogen) atoms. The van der Waals surface area contributed by atoms with E-state index in [1.54, 1.807) is 41.7 Å². The van der Waals surface area contributed by atoms with Crippen LogP contribution < -0.4 is 0 Å². The lowest BCUT2D eigenvalue weighted by molar-refractivity contribution is -0.299. The number of cyclic esters (lactones) is 1. The topological polar surface area (TPSA) is 141 Å². The number of nitrogens with zero attached hydrogens (tertiary/aromatic N) is 1. The Labute approximate surface area is 269 Å². The molecule has 13 atom stereocenters. The van der Waals surface area contributed by atoms with Crippen LogP contribution >= 0.6 is 0 Å². The van der Waals surface area contributed by atoms with E-state index in [-0.39, 0.29) is 30.8 Å². The van der Waals surface area contributed by atoms with Gasteiger partial charge in [-0.25, -0.2) is 0 Å². The summed E-state index contributed by atoms with van der Waals surface area (Å²) in [5.74, 6) is -2.76. The molecule has 2 N–H and O–H groups in total. The van der Waals surface area contributed by atoms with Gasteiger partial charge in [-0.3, -0.25) is 19.3 Å². The number of carbonyl (C=O) groups excluding carboxylic acids is 3. The van der Waals surface area contributed by atoms with Crippen molar-refractivity contribution in [2.24, 2.45) is 23.7 Å². The minimum Gasteiger partial charge on any atom is -0.459 e. The maximum Gasteiger partial charge on any atom is 0.316 e. The largest absolute Gasteiger partial charge is 0.459 e. The molecule has 0 aromatic heterocycles. The summed E-state index contributed by atoms with van der Waals surface area (Å²) >= 11 is 0. The molecular formula is C34H57NO10. The van der Waals surface area contributed by atoms with Crippen molar-refractivity contribution in [1.29, 1.82) is 0 Å². The monoisotopic (exact) mass is 639 g/mol. The van der Waals surface area contributed by atoms with E-state index < -0.39 is 77.3 Å². The van der Waals surface area contributed by atoms with Gasteiger partial charge < -0.3 is 33.9 Å². The number of esters is 1. The zero-order valence-electron chi connectivity index (χ0n) is 29.1. The van der Waals surface area contributed by atoms with Crippen molar-refractivity contribution in [2.75, 3.05) is 27.8 Å². The molecule has 0 aliphatic carbocycles. The first-order chi connectivity index (χ1) is 20.9. The van der Waals surface area contributed by atoms with Crippen molar-refractivity contribution in [3.8, 4) is 12.3 Å². The number of terminal acetylenes is 1. The zero-order valence-corrected chi connectivity index (χ0v) is 29.1. The van der Waals surface area contributed by atoms with Crippen LogP contribution in [0.25, 0.3) is 0 Å². The first-order valence-corrected chi connectivity index (χ1v) is 16.1. The van der Waals surface area contributed by atoms with Gasteiger partial charge in [0.2, 0.25) is 0 Å². The number of hydrogen-bond donors (Lipinski definition) is 2. The Morgan fingerprint density at radius 3 is 2.22 bits per heavy atom. The highest BCUT2D eigenvalue weighted by molar-refractivity contribution is 6.00. The quantitative estimate of drug-likeness (QED) is 0.230. The highest BCUT2D eigenvalue weighted by Gasteiger charge is 2.52. The van der Waals surface area contributed by atoms with Crippen LogP contribution in [-0.4, -0.2) is 115 Å². The van der Waals surface area contributed by atoms with Crippen LogP contribution in [0.15, 0.2) is 0 Å². The third kappa shape index (κ3) is 8.72. The van der Waals surface area contributed by atoms with Gasteiger partial charge >= 0.3 is 5.97 Å². The SMILES string of the molecule is C#CCCN(C)[C@H]1C[C@@H](C)O[C@@H](O[C@@H]2[C@@H](C)C(=O)[C@@H](C)C(=O)O[C@H](CC)[C@@](C)(O)[C@H](O)[C@@H](C)C(=O)[C@H](C)C[C@@]2(C)OC)[C@@H]1OC. The number of ether oxygens (including phenoxy) is 5. The van der Waals surface area contributed by atoms with Crippen LogP contribution in [0.1, 0.15) is 81.1 Å². The van der Waals surface area contributed by atoms with E-state index in [0.717, 1.165) is 0 Å². The highest BCUT2D eigenvalue weighted by Crippen LogP contribution is 2.38. The van der Waals surface area contributed by atoms with Gasteiger partial charge in [-0.15, -0.1) is 12.3 Å². The molecule has 0 bridgehead atoms. The summed E-state index contributed by atoms with van der Waals surface area (Å²) in [4.78, 5) is 43.2. The maximum absolute atomic E-state index is 14.0. The van der Waals surface area contributed by atoms with Crippen molar-refractivity contribution in [1.82, 2.24) is 4.90 Å². The molecule has 0 amide bonds. The smallest absolute Gasteiger partial charge is 0.316 e. The Hall–Kier alpha value is -1.91. The van der Waals surface area contributed by atoms with Gasteiger partial charge in [0.15, 0.2) is 12.1 Å². The molecule has 258 valence electrons. The molecule has 0 unspecified atom stereocenters. The predicted molar refractivity (Wildman–Crippen MR) is 168 cm³/mol. The summed E-state index contributed by atoms with van der Waals surface area (Å²) in [6.45, 7) is 13.8. The van der Waals surface area contributed by atoms with Gasteiger partial charge in [0.25, 0.3) is 0 Å². The molecule has 2 rings (SSSR count). The Morgan fingerprint density at radius 1 is 1.07 bits per heavy atom. The summed E-state index contributed by atoms with van der Waals surface area (Å²) in [5.41, 5.74) is -3.17. The molecule has 11 heteroatoms. The summed E-state index contributed by atoms with van der Waals surface area (Å²) in [6.07, 6.45) is 1.64. The Bertz CT molecular complexity index is 1060. The maximum atomic E-state index is 14.0. The fraction of sp³-hybridized carbons (Fsp3) is 0.853. The number of Topliss-reactive ketones (excluding diaryl/α,β-unsaturated/α-hetero) is 2. The summed E-state index contributed by atoms with van der Waals surface area (Å²) in [5, 5.41) is 22.5. The Kier molecular flexibility index (Phi) is 14.2. The lowest BCUT2D eigenvalue weighted by Crippen LogP contribution is -2.60. The van der Waals surface area contributed by atoms with Crippen LogP contribution in [0.2, 0.25) is 0 Å². The van der Waals surface area contributed by atoms with Crippen molar-refractivity contribution in [3.63, 3.8) is 0 Å². The van der Waals surface area contributed by atoms with Gasteiger partial charge in [0, 0.05) is 51.0 Å². The minimum absolute atomic E-state index is 0.106. The average Bonchev–Trinajstić information content (AvgIpc) is 3.01. The second-order valence-corrected chi connectivity index (χ2v) is 13.5. The van der Waals surface area contributed by atoms with Crippen molar-refractivity contribution in [3.05, 3.63) is 0 Å². The molecule has 2 aliphatic heterocycles.